The molecule has 2 aromatic carbocycles. The van der Waals surface area contributed by atoms with E-state index in [2.05, 4.69) is 21.2 Å². The second-order valence-corrected chi connectivity index (χ2v) is 6.62. The summed E-state index contributed by atoms with van der Waals surface area (Å²) in [5.41, 5.74) is 1.07. The van der Waals surface area contributed by atoms with E-state index in [0.29, 0.717) is 16.1 Å². The van der Waals surface area contributed by atoms with Crippen LogP contribution in [0, 0.1) is 5.41 Å². The van der Waals surface area contributed by atoms with Crippen molar-refractivity contribution in [3.05, 3.63) is 69.2 Å². The average Bonchev–Trinajstić information content (AvgIpc) is 2.59. The largest absolute Gasteiger partial charge is 0.445 e. The number of carbonyl (C=O) groups is 2. The van der Waals surface area contributed by atoms with E-state index in [-0.39, 0.29) is 18.1 Å². The summed E-state index contributed by atoms with van der Waals surface area (Å²) >= 11 is 9.30. The molecule has 2 rings (SSSR count). The Labute approximate surface area is 159 Å². The molecule has 1 atom stereocenters. The van der Waals surface area contributed by atoms with Crippen LogP contribution in [0.1, 0.15) is 22.8 Å². The van der Waals surface area contributed by atoms with Gasteiger partial charge in [-0.1, -0.05) is 57.9 Å². The van der Waals surface area contributed by atoms with Crippen molar-refractivity contribution in [2.24, 2.45) is 0 Å². The Kier molecular flexibility index (Phi) is 6.73. The van der Waals surface area contributed by atoms with Crippen LogP contribution in [-0.4, -0.2) is 23.6 Å². The molecule has 1 amide bonds. The number of nitrogens with one attached hydrogen (secondary N) is 2. The minimum Gasteiger partial charge on any atom is -0.445 e. The molecular formula is C18H16BrClN2O3. The van der Waals surface area contributed by atoms with Gasteiger partial charge < -0.3 is 15.5 Å². The molecule has 7 heteroatoms. The Morgan fingerprint density at radius 1 is 1.20 bits per heavy atom. The third-order valence-electron chi connectivity index (χ3n) is 3.40. The third-order valence-corrected chi connectivity index (χ3v) is 4.30. The Bertz CT molecular complexity index is 793. The predicted molar refractivity (Wildman–Crippen MR) is 100 cm³/mol. The number of hydrogen-bond donors (Lipinski definition) is 2. The van der Waals surface area contributed by atoms with Crippen LogP contribution in [0.5, 0.6) is 0 Å². The number of halogens is 2. The molecule has 0 fully saturated rings. The highest BCUT2D eigenvalue weighted by atomic mass is 79.9. The number of rotatable bonds is 6. The van der Waals surface area contributed by atoms with Gasteiger partial charge in [0.25, 0.3) is 0 Å². The highest BCUT2D eigenvalue weighted by molar-refractivity contribution is 9.10. The fraction of sp³-hybridized carbons (Fsp3) is 0.167. The standard InChI is InChI=1S/C18H16BrClN2O3/c1-11(21)16(17(23)12-6-8-14(19)9-7-12)22-18(24)25-10-13-4-2-3-5-15(13)20/h2-9,16,21H,10H2,1H3,(H,22,24). The van der Waals surface area contributed by atoms with E-state index < -0.39 is 12.1 Å². The molecule has 5 nitrogen and oxygen atoms in total. The molecule has 0 saturated carbocycles. The van der Waals surface area contributed by atoms with Crippen LogP contribution < -0.4 is 5.32 Å². The molecule has 0 aliphatic carbocycles. The van der Waals surface area contributed by atoms with Gasteiger partial charge >= 0.3 is 6.09 Å². The van der Waals surface area contributed by atoms with Crippen molar-refractivity contribution in [2.45, 2.75) is 19.6 Å². The van der Waals surface area contributed by atoms with Gasteiger partial charge in [0.2, 0.25) is 0 Å². The van der Waals surface area contributed by atoms with E-state index in [1.807, 2.05) is 0 Å². The summed E-state index contributed by atoms with van der Waals surface area (Å²) in [6.45, 7) is 1.43. The van der Waals surface area contributed by atoms with Gasteiger partial charge in [0.15, 0.2) is 5.78 Å². The van der Waals surface area contributed by atoms with Gasteiger partial charge in [-0.3, -0.25) is 4.79 Å². The molecular weight excluding hydrogens is 408 g/mol. The summed E-state index contributed by atoms with van der Waals surface area (Å²) in [5, 5.41) is 10.7. The van der Waals surface area contributed by atoms with E-state index in [9.17, 15) is 9.59 Å². The summed E-state index contributed by atoms with van der Waals surface area (Å²) in [7, 11) is 0. The molecule has 0 spiro atoms. The molecule has 0 radical (unpaired) electrons. The van der Waals surface area contributed by atoms with Crippen molar-refractivity contribution in [3.8, 4) is 0 Å². The lowest BCUT2D eigenvalue weighted by Gasteiger charge is -2.17. The van der Waals surface area contributed by atoms with Crippen molar-refractivity contribution < 1.29 is 14.3 Å². The molecule has 2 aromatic rings. The van der Waals surface area contributed by atoms with Gasteiger partial charge in [0.05, 0.1) is 0 Å². The lowest BCUT2D eigenvalue weighted by atomic mass is 10.0. The minimum atomic E-state index is -1.08. The molecule has 0 bridgehead atoms. The summed E-state index contributed by atoms with van der Waals surface area (Å²) in [6.07, 6.45) is -0.790. The zero-order valence-corrected chi connectivity index (χ0v) is 15.7. The summed E-state index contributed by atoms with van der Waals surface area (Å²) in [6, 6.07) is 12.6. The number of carbonyl (C=O) groups excluding carboxylic acids is 2. The molecule has 130 valence electrons. The van der Waals surface area contributed by atoms with E-state index in [1.54, 1.807) is 48.5 Å². The normalized spacial score (nSPS) is 11.5. The number of ether oxygens (including phenoxy) is 1. The number of amides is 1. The van der Waals surface area contributed by atoms with Crippen LogP contribution in [-0.2, 0) is 11.3 Å². The highest BCUT2D eigenvalue weighted by Crippen LogP contribution is 2.16. The Balaban J connectivity index is 2.02. The predicted octanol–water partition coefficient (Wildman–Crippen LogP) is 4.62. The monoisotopic (exact) mass is 422 g/mol. The second kappa shape index (κ2) is 8.78. The first-order valence-corrected chi connectivity index (χ1v) is 8.57. The molecule has 25 heavy (non-hydrogen) atoms. The zero-order chi connectivity index (χ0) is 18.4. The van der Waals surface area contributed by atoms with Crippen LogP contribution in [0.4, 0.5) is 4.79 Å². The van der Waals surface area contributed by atoms with Crippen molar-refractivity contribution >= 4 is 45.1 Å². The van der Waals surface area contributed by atoms with Crippen LogP contribution in [0.2, 0.25) is 5.02 Å². The zero-order valence-electron chi connectivity index (χ0n) is 13.4. The molecule has 0 heterocycles. The quantitative estimate of drug-likeness (QED) is 0.525. The van der Waals surface area contributed by atoms with Gasteiger partial charge in [0.1, 0.15) is 12.6 Å². The number of hydrogen-bond acceptors (Lipinski definition) is 4. The maximum atomic E-state index is 12.5. The lowest BCUT2D eigenvalue weighted by molar-refractivity contribution is 0.0949. The van der Waals surface area contributed by atoms with Gasteiger partial charge in [-0.25, -0.2) is 4.79 Å². The molecule has 0 aliphatic rings. The summed E-state index contributed by atoms with van der Waals surface area (Å²) in [4.78, 5) is 24.5. The second-order valence-electron chi connectivity index (χ2n) is 5.30. The highest BCUT2D eigenvalue weighted by Gasteiger charge is 2.24. The van der Waals surface area contributed by atoms with Crippen molar-refractivity contribution in [2.75, 3.05) is 0 Å². The van der Waals surface area contributed by atoms with Crippen LogP contribution in [0.3, 0.4) is 0 Å². The number of benzene rings is 2. The molecule has 0 saturated heterocycles. The molecule has 0 aliphatic heterocycles. The number of alkyl carbamates (subject to hydrolysis) is 1. The Hall–Kier alpha value is -2.18. The third kappa shape index (κ3) is 5.41. The van der Waals surface area contributed by atoms with E-state index in [1.165, 1.54) is 6.92 Å². The lowest BCUT2D eigenvalue weighted by Crippen LogP contribution is -2.45. The van der Waals surface area contributed by atoms with Gasteiger partial charge in [-0.05, 0) is 25.1 Å². The first kappa shape index (κ1) is 19.1. The van der Waals surface area contributed by atoms with Crippen molar-refractivity contribution in [3.63, 3.8) is 0 Å². The van der Waals surface area contributed by atoms with Crippen LogP contribution >= 0.6 is 27.5 Å². The summed E-state index contributed by atoms with van der Waals surface area (Å²) < 4.78 is 5.94. The van der Waals surface area contributed by atoms with E-state index >= 15 is 0 Å². The maximum Gasteiger partial charge on any atom is 0.408 e. The Morgan fingerprint density at radius 3 is 2.44 bits per heavy atom. The van der Waals surface area contributed by atoms with Crippen molar-refractivity contribution in [1.29, 1.82) is 5.41 Å². The first-order valence-electron chi connectivity index (χ1n) is 7.40. The van der Waals surface area contributed by atoms with Crippen LogP contribution in [0.25, 0.3) is 0 Å². The van der Waals surface area contributed by atoms with Gasteiger partial charge in [0, 0.05) is 26.3 Å². The topological polar surface area (TPSA) is 79.2 Å². The average molecular weight is 424 g/mol. The molecule has 0 aromatic heterocycles. The van der Waals surface area contributed by atoms with Gasteiger partial charge in [-0.15, -0.1) is 0 Å². The van der Waals surface area contributed by atoms with E-state index in [4.69, 9.17) is 21.7 Å². The minimum absolute atomic E-state index is 0.0163. The number of Topliss-reactive ketones (excluding diaryl/α,β-unsaturated/α-hetero) is 1. The van der Waals surface area contributed by atoms with Gasteiger partial charge in [-0.2, -0.15) is 0 Å². The van der Waals surface area contributed by atoms with Crippen LogP contribution in [0.15, 0.2) is 53.0 Å². The van der Waals surface area contributed by atoms with Crippen molar-refractivity contribution in [1.82, 2.24) is 5.32 Å². The fourth-order valence-electron chi connectivity index (χ4n) is 2.07. The number of ketones is 1. The summed E-state index contributed by atoms with van der Waals surface area (Å²) in [5.74, 6) is -0.380. The molecule has 1 unspecified atom stereocenters. The fourth-order valence-corrected chi connectivity index (χ4v) is 2.52. The first-order chi connectivity index (χ1) is 11.9. The van der Waals surface area contributed by atoms with E-state index in [0.717, 1.165) is 4.47 Å². The smallest absolute Gasteiger partial charge is 0.408 e. The molecule has 2 N–H and O–H groups in total. The Morgan fingerprint density at radius 2 is 1.84 bits per heavy atom. The SMILES string of the molecule is CC(=N)C(NC(=O)OCc1ccccc1Cl)C(=O)c1ccc(Br)cc1. The maximum absolute atomic E-state index is 12.5.